The molecule has 0 aliphatic carbocycles. The van der Waals surface area contributed by atoms with Gasteiger partial charge in [-0.25, -0.2) is 9.78 Å². The fraction of sp³-hybridized carbons (Fsp3) is 0.350. The van der Waals surface area contributed by atoms with Crippen molar-refractivity contribution in [1.82, 2.24) is 19.5 Å². The molecule has 0 atom stereocenters. The van der Waals surface area contributed by atoms with Crippen molar-refractivity contribution in [3.63, 3.8) is 0 Å². The third-order valence-corrected chi connectivity index (χ3v) is 5.10. The van der Waals surface area contributed by atoms with Crippen LogP contribution in [0.3, 0.4) is 0 Å². The van der Waals surface area contributed by atoms with Crippen LogP contribution in [-0.2, 0) is 0 Å². The van der Waals surface area contributed by atoms with Crippen LogP contribution in [0.4, 0.5) is 22.1 Å². The van der Waals surface area contributed by atoms with Crippen LogP contribution in [0.25, 0.3) is 5.65 Å². The molecule has 3 N–H and O–H groups in total. The van der Waals surface area contributed by atoms with E-state index in [1.807, 2.05) is 44.2 Å². The molecule has 0 radical (unpaired) electrons. The predicted octanol–water partition coefficient (Wildman–Crippen LogP) is 2.29. The molecule has 9 nitrogen and oxygen atoms in total. The van der Waals surface area contributed by atoms with Crippen molar-refractivity contribution in [2.45, 2.75) is 13.8 Å². The van der Waals surface area contributed by atoms with Crippen LogP contribution in [-0.4, -0.2) is 58.8 Å². The summed E-state index contributed by atoms with van der Waals surface area (Å²) in [5.41, 5.74) is 9.46. The van der Waals surface area contributed by atoms with Gasteiger partial charge in [-0.15, -0.1) is 0 Å². The van der Waals surface area contributed by atoms with Crippen molar-refractivity contribution >= 4 is 29.0 Å². The molecule has 1 saturated heterocycles. The molecule has 4 rings (SSSR count). The highest BCUT2D eigenvalue weighted by Crippen LogP contribution is 2.23. The SMILES string of the molecule is COc1ccc(NC(=O)N2CCN(c3cc(N)n4nc(C)cc4n3)CC2)cc1C. The third-order valence-electron chi connectivity index (χ3n) is 5.10. The monoisotopic (exact) mass is 395 g/mol. The van der Waals surface area contributed by atoms with E-state index in [9.17, 15) is 4.79 Å². The van der Waals surface area contributed by atoms with Gasteiger partial charge < -0.3 is 25.6 Å². The first kappa shape index (κ1) is 18.9. The maximum absolute atomic E-state index is 12.6. The van der Waals surface area contributed by atoms with E-state index in [1.54, 1.807) is 16.5 Å². The Kier molecular flexibility index (Phi) is 4.87. The fourth-order valence-electron chi connectivity index (χ4n) is 3.56. The minimum atomic E-state index is -0.108. The lowest BCUT2D eigenvalue weighted by Gasteiger charge is -2.35. The number of nitrogens with one attached hydrogen (secondary N) is 1. The average Bonchev–Trinajstić information content (AvgIpc) is 3.09. The molecule has 0 spiro atoms. The van der Waals surface area contributed by atoms with Gasteiger partial charge in [-0.3, -0.25) is 0 Å². The number of hydrogen-bond donors (Lipinski definition) is 2. The first-order valence-electron chi connectivity index (χ1n) is 9.53. The quantitative estimate of drug-likeness (QED) is 0.706. The number of fused-ring (bicyclic) bond motifs is 1. The first-order valence-corrected chi connectivity index (χ1v) is 9.53. The number of nitrogens with two attached hydrogens (primary N) is 1. The van der Waals surface area contributed by atoms with Gasteiger partial charge in [0.1, 0.15) is 17.4 Å². The number of piperazine rings is 1. The van der Waals surface area contributed by atoms with E-state index in [4.69, 9.17) is 10.5 Å². The summed E-state index contributed by atoms with van der Waals surface area (Å²) in [5.74, 6) is 2.16. The zero-order valence-electron chi connectivity index (χ0n) is 16.8. The van der Waals surface area contributed by atoms with Gasteiger partial charge >= 0.3 is 6.03 Å². The summed E-state index contributed by atoms with van der Waals surface area (Å²) in [6.07, 6.45) is 0. The van der Waals surface area contributed by atoms with Crippen molar-refractivity contribution in [3.05, 3.63) is 41.6 Å². The van der Waals surface area contributed by atoms with Crippen LogP contribution in [0.5, 0.6) is 5.75 Å². The molecule has 9 heteroatoms. The van der Waals surface area contributed by atoms with Gasteiger partial charge in [-0.05, 0) is 37.6 Å². The second kappa shape index (κ2) is 7.50. The minimum Gasteiger partial charge on any atom is -0.496 e. The third kappa shape index (κ3) is 3.75. The number of hydrogen-bond acceptors (Lipinski definition) is 6. The zero-order valence-corrected chi connectivity index (χ0v) is 16.8. The molecule has 1 aromatic carbocycles. The number of carbonyl (C=O) groups is 1. The van der Waals surface area contributed by atoms with Gasteiger partial charge in [-0.2, -0.15) is 9.61 Å². The van der Waals surface area contributed by atoms with Crippen molar-refractivity contribution < 1.29 is 9.53 Å². The van der Waals surface area contributed by atoms with Crippen LogP contribution in [0.15, 0.2) is 30.3 Å². The van der Waals surface area contributed by atoms with E-state index < -0.39 is 0 Å². The second-order valence-corrected chi connectivity index (χ2v) is 7.18. The number of aryl methyl sites for hydroxylation is 2. The van der Waals surface area contributed by atoms with Crippen LogP contribution in [0.2, 0.25) is 0 Å². The Balaban J connectivity index is 1.40. The lowest BCUT2D eigenvalue weighted by molar-refractivity contribution is 0.208. The van der Waals surface area contributed by atoms with Gasteiger partial charge in [0.2, 0.25) is 0 Å². The highest BCUT2D eigenvalue weighted by molar-refractivity contribution is 5.89. The van der Waals surface area contributed by atoms with Crippen molar-refractivity contribution in [3.8, 4) is 5.75 Å². The number of anilines is 3. The molecule has 3 heterocycles. The van der Waals surface area contributed by atoms with Gasteiger partial charge in [0.15, 0.2) is 5.65 Å². The van der Waals surface area contributed by atoms with Crippen molar-refractivity contribution in [2.24, 2.45) is 0 Å². The number of methoxy groups -OCH3 is 1. The molecule has 2 amide bonds. The van der Waals surface area contributed by atoms with Gasteiger partial charge in [0.25, 0.3) is 0 Å². The van der Waals surface area contributed by atoms with Crippen LogP contribution < -0.4 is 20.7 Å². The molecule has 0 saturated carbocycles. The smallest absolute Gasteiger partial charge is 0.321 e. The number of amides is 2. The number of carbonyl (C=O) groups excluding carboxylic acids is 1. The Morgan fingerprint density at radius 2 is 1.90 bits per heavy atom. The highest BCUT2D eigenvalue weighted by atomic mass is 16.5. The molecular weight excluding hydrogens is 370 g/mol. The number of nitrogens with zero attached hydrogens (tertiary/aromatic N) is 5. The summed E-state index contributed by atoms with van der Waals surface area (Å²) in [6.45, 7) is 6.44. The molecule has 1 fully saturated rings. The number of rotatable bonds is 3. The normalized spacial score (nSPS) is 14.3. The molecular formula is C20H25N7O2. The number of benzene rings is 1. The van der Waals surface area contributed by atoms with Crippen LogP contribution >= 0.6 is 0 Å². The Labute approximate surface area is 169 Å². The Morgan fingerprint density at radius 3 is 2.59 bits per heavy atom. The van der Waals surface area contributed by atoms with E-state index in [0.29, 0.717) is 32.0 Å². The molecule has 1 aliphatic rings. The lowest BCUT2D eigenvalue weighted by Crippen LogP contribution is -2.50. The summed E-state index contributed by atoms with van der Waals surface area (Å²) in [5, 5.41) is 7.29. The van der Waals surface area contributed by atoms with E-state index in [-0.39, 0.29) is 6.03 Å². The van der Waals surface area contributed by atoms with Crippen molar-refractivity contribution in [1.29, 1.82) is 0 Å². The summed E-state index contributed by atoms with van der Waals surface area (Å²) in [7, 11) is 1.63. The van der Waals surface area contributed by atoms with Gasteiger partial charge in [0.05, 0.1) is 12.8 Å². The largest absolute Gasteiger partial charge is 0.496 e. The van der Waals surface area contributed by atoms with E-state index in [0.717, 1.165) is 34.2 Å². The number of aromatic nitrogens is 3. The van der Waals surface area contributed by atoms with Gasteiger partial charge in [-0.1, -0.05) is 0 Å². The summed E-state index contributed by atoms with van der Waals surface area (Å²) < 4.78 is 6.90. The summed E-state index contributed by atoms with van der Waals surface area (Å²) in [4.78, 5) is 21.2. The zero-order chi connectivity index (χ0) is 20.5. The lowest BCUT2D eigenvalue weighted by atomic mass is 10.2. The molecule has 1 aliphatic heterocycles. The number of ether oxygens (including phenoxy) is 1. The number of nitrogen functional groups attached to an aromatic ring is 1. The Bertz CT molecular complexity index is 1050. The molecule has 0 bridgehead atoms. The van der Waals surface area contributed by atoms with Crippen LogP contribution in [0.1, 0.15) is 11.3 Å². The van der Waals surface area contributed by atoms with E-state index in [2.05, 4.69) is 20.3 Å². The van der Waals surface area contributed by atoms with E-state index >= 15 is 0 Å². The van der Waals surface area contributed by atoms with Crippen LogP contribution in [0, 0.1) is 13.8 Å². The Morgan fingerprint density at radius 1 is 1.14 bits per heavy atom. The fourth-order valence-corrected chi connectivity index (χ4v) is 3.56. The standard InChI is InChI=1S/C20H25N7O2/c1-13-10-15(4-5-16(13)29-3)22-20(28)26-8-6-25(7-9-26)18-12-17(21)27-19(23-18)11-14(2)24-27/h4-5,10-12H,6-9,21H2,1-3H3,(H,22,28). The first-order chi connectivity index (χ1) is 13.9. The molecule has 2 aromatic heterocycles. The van der Waals surface area contributed by atoms with E-state index in [1.165, 1.54) is 0 Å². The second-order valence-electron chi connectivity index (χ2n) is 7.18. The highest BCUT2D eigenvalue weighted by Gasteiger charge is 2.23. The molecule has 152 valence electrons. The summed E-state index contributed by atoms with van der Waals surface area (Å²) in [6, 6.07) is 9.23. The summed E-state index contributed by atoms with van der Waals surface area (Å²) >= 11 is 0. The average molecular weight is 395 g/mol. The molecule has 29 heavy (non-hydrogen) atoms. The predicted molar refractivity (Wildman–Crippen MR) is 113 cm³/mol. The maximum Gasteiger partial charge on any atom is 0.321 e. The number of urea groups is 1. The van der Waals surface area contributed by atoms with Crippen molar-refractivity contribution in [2.75, 3.05) is 49.2 Å². The van der Waals surface area contributed by atoms with Gasteiger partial charge in [0, 0.05) is 44.0 Å². The molecule has 0 unspecified atom stereocenters. The molecule has 3 aromatic rings. The topological polar surface area (TPSA) is 101 Å². The Hall–Kier alpha value is -3.49. The minimum absolute atomic E-state index is 0.108. The maximum atomic E-state index is 12.6.